The van der Waals surface area contributed by atoms with Gasteiger partial charge in [0.2, 0.25) is 5.79 Å². The average Bonchev–Trinajstić information content (AvgIpc) is 2.71. The predicted molar refractivity (Wildman–Crippen MR) is 122 cm³/mol. The lowest BCUT2D eigenvalue weighted by Gasteiger charge is -2.45. The molecule has 1 aromatic carbocycles. The first-order valence-corrected chi connectivity index (χ1v) is 11.3. The van der Waals surface area contributed by atoms with Crippen LogP contribution in [-0.2, 0) is 20.7 Å². The second kappa shape index (κ2) is 10.5. The lowest BCUT2D eigenvalue weighted by Crippen LogP contribution is -2.52. The van der Waals surface area contributed by atoms with E-state index in [1.54, 1.807) is 31.4 Å². The Morgan fingerprint density at radius 2 is 1.57 bits per heavy atom. The van der Waals surface area contributed by atoms with Crippen molar-refractivity contribution in [3.63, 3.8) is 0 Å². The number of ketones is 1. The molecule has 0 amide bonds. The number of allylic oxidation sites excluding steroid dienone is 4. The second-order valence-electron chi connectivity index (χ2n) is 6.76. The molecule has 150 valence electrons. The highest BCUT2D eigenvalue weighted by Gasteiger charge is 2.47. The van der Waals surface area contributed by atoms with Crippen molar-refractivity contribution in [1.29, 1.82) is 0 Å². The molecule has 0 bridgehead atoms. The first kappa shape index (κ1) is 23.0. The van der Waals surface area contributed by atoms with Crippen molar-refractivity contribution in [1.82, 2.24) is 0 Å². The SMILES string of the molecule is C=CCC1=CC(=O)C=C(CC=C)C1(OC)OC(CBr)(CBr)Cc1ccccc1. The first-order chi connectivity index (χ1) is 13.5. The van der Waals surface area contributed by atoms with Crippen LogP contribution >= 0.6 is 31.9 Å². The van der Waals surface area contributed by atoms with Gasteiger partial charge in [-0.05, 0) is 30.6 Å². The lowest BCUT2D eigenvalue weighted by molar-refractivity contribution is -0.225. The van der Waals surface area contributed by atoms with Gasteiger partial charge in [-0.1, -0.05) is 74.3 Å². The molecule has 0 fully saturated rings. The zero-order valence-corrected chi connectivity index (χ0v) is 19.3. The molecule has 0 spiro atoms. The van der Waals surface area contributed by atoms with Gasteiger partial charge in [-0.25, -0.2) is 0 Å². The third-order valence-electron chi connectivity index (χ3n) is 4.71. The smallest absolute Gasteiger partial charge is 0.215 e. The molecular formula is C23H26Br2O3. The van der Waals surface area contributed by atoms with Gasteiger partial charge < -0.3 is 9.47 Å². The minimum Gasteiger partial charge on any atom is -0.346 e. The van der Waals surface area contributed by atoms with Crippen molar-refractivity contribution in [2.45, 2.75) is 30.7 Å². The van der Waals surface area contributed by atoms with Crippen LogP contribution in [-0.4, -0.2) is 34.9 Å². The summed E-state index contributed by atoms with van der Waals surface area (Å²) >= 11 is 7.29. The summed E-state index contributed by atoms with van der Waals surface area (Å²) in [4.78, 5) is 12.3. The van der Waals surface area contributed by atoms with Gasteiger partial charge in [-0.3, -0.25) is 4.79 Å². The number of alkyl halides is 2. The van der Waals surface area contributed by atoms with E-state index in [2.05, 4.69) is 57.2 Å². The van der Waals surface area contributed by atoms with E-state index in [-0.39, 0.29) is 5.78 Å². The molecular weight excluding hydrogens is 484 g/mol. The summed E-state index contributed by atoms with van der Waals surface area (Å²) in [6.07, 6.45) is 8.34. The van der Waals surface area contributed by atoms with E-state index >= 15 is 0 Å². The number of carbonyl (C=O) groups excluding carboxylic acids is 1. The van der Waals surface area contributed by atoms with Crippen LogP contribution in [0.15, 0.2) is 78.9 Å². The first-order valence-electron chi connectivity index (χ1n) is 9.08. The Labute approximate surface area is 184 Å². The zero-order valence-electron chi connectivity index (χ0n) is 16.1. The molecule has 1 aromatic rings. The quantitative estimate of drug-likeness (QED) is 0.218. The van der Waals surface area contributed by atoms with Crippen LogP contribution < -0.4 is 0 Å². The lowest BCUT2D eigenvalue weighted by atomic mass is 9.85. The highest BCUT2D eigenvalue weighted by atomic mass is 79.9. The highest BCUT2D eigenvalue weighted by molar-refractivity contribution is 9.09. The van der Waals surface area contributed by atoms with Gasteiger partial charge >= 0.3 is 0 Å². The van der Waals surface area contributed by atoms with Crippen molar-refractivity contribution in [2.24, 2.45) is 0 Å². The minimum absolute atomic E-state index is 0.0729. The summed E-state index contributed by atoms with van der Waals surface area (Å²) in [6, 6.07) is 10.2. The molecule has 0 heterocycles. The van der Waals surface area contributed by atoms with E-state index in [0.29, 0.717) is 29.9 Å². The normalized spacial score (nSPS) is 16.3. The van der Waals surface area contributed by atoms with Crippen molar-refractivity contribution in [2.75, 3.05) is 17.8 Å². The molecule has 28 heavy (non-hydrogen) atoms. The Morgan fingerprint density at radius 3 is 2.00 bits per heavy atom. The van der Waals surface area contributed by atoms with Crippen LogP contribution in [0.1, 0.15) is 18.4 Å². The second-order valence-corrected chi connectivity index (χ2v) is 7.88. The molecule has 3 nitrogen and oxygen atoms in total. The van der Waals surface area contributed by atoms with Gasteiger partial charge in [-0.2, -0.15) is 0 Å². The fourth-order valence-corrected chi connectivity index (χ4v) is 4.96. The summed E-state index contributed by atoms with van der Waals surface area (Å²) in [6.45, 7) is 7.67. The Morgan fingerprint density at radius 1 is 1.04 bits per heavy atom. The number of halogens is 2. The molecule has 1 aliphatic rings. The Bertz CT molecular complexity index is 731. The van der Waals surface area contributed by atoms with Crippen molar-refractivity contribution in [3.05, 3.63) is 84.5 Å². The summed E-state index contributed by atoms with van der Waals surface area (Å²) in [5, 5.41) is 1.17. The van der Waals surface area contributed by atoms with Crippen molar-refractivity contribution < 1.29 is 14.3 Å². The zero-order chi connectivity index (χ0) is 20.6. The summed E-state index contributed by atoms with van der Waals surface area (Å²) in [7, 11) is 1.61. The van der Waals surface area contributed by atoms with Gasteiger partial charge in [-0.15, -0.1) is 13.2 Å². The molecule has 0 saturated carbocycles. The Kier molecular flexibility index (Phi) is 8.62. The molecule has 0 aliphatic heterocycles. The van der Waals surface area contributed by atoms with Gasteiger partial charge in [0, 0.05) is 35.3 Å². The summed E-state index contributed by atoms with van der Waals surface area (Å²) in [5.74, 6) is -1.22. The highest BCUT2D eigenvalue weighted by Crippen LogP contribution is 2.42. The van der Waals surface area contributed by atoms with E-state index in [1.165, 1.54) is 0 Å². The Balaban J connectivity index is 2.53. The third-order valence-corrected chi connectivity index (χ3v) is 6.75. The third kappa shape index (κ3) is 5.01. The molecule has 0 unspecified atom stereocenters. The molecule has 0 N–H and O–H groups in total. The number of carbonyl (C=O) groups is 1. The van der Waals surface area contributed by atoms with Crippen molar-refractivity contribution in [3.8, 4) is 0 Å². The summed E-state index contributed by atoms with van der Waals surface area (Å²) < 4.78 is 12.8. The molecule has 0 saturated heterocycles. The van der Waals surface area contributed by atoms with E-state index in [0.717, 1.165) is 16.7 Å². The van der Waals surface area contributed by atoms with Gasteiger partial charge in [0.05, 0.1) is 5.60 Å². The number of hydrogen-bond donors (Lipinski definition) is 0. The summed E-state index contributed by atoms with van der Waals surface area (Å²) in [5.41, 5.74) is 2.04. The van der Waals surface area contributed by atoms with Crippen LogP contribution in [0.3, 0.4) is 0 Å². The molecule has 0 radical (unpaired) electrons. The van der Waals surface area contributed by atoms with Crippen LogP contribution in [0.5, 0.6) is 0 Å². The standard InChI is InChI=1S/C23H26Br2O3/c1-4-9-19-13-21(26)14-20(10-5-2)23(19,27-3)28-22(16-24,17-25)15-18-11-7-6-8-12-18/h4-8,11-14H,1-2,9-10,15-17H2,3H3. The van der Waals surface area contributed by atoms with Crippen LogP contribution in [0, 0.1) is 0 Å². The molecule has 0 aromatic heterocycles. The minimum atomic E-state index is -1.15. The van der Waals surface area contributed by atoms with E-state index in [1.807, 2.05) is 18.2 Å². The topological polar surface area (TPSA) is 35.5 Å². The van der Waals surface area contributed by atoms with E-state index in [9.17, 15) is 4.79 Å². The van der Waals surface area contributed by atoms with Crippen molar-refractivity contribution >= 4 is 37.6 Å². The number of ether oxygens (including phenoxy) is 2. The molecule has 5 heteroatoms. The molecule has 0 atom stereocenters. The largest absolute Gasteiger partial charge is 0.346 e. The average molecular weight is 510 g/mol. The van der Waals surface area contributed by atoms with Crippen LogP contribution in [0.4, 0.5) is 0 Å². The van der Waals surface area contributed by atoms with E-state index < -0.39 is 11.4 Å². The number of rotatable bonds is 11. The maximum atomic E-state index is 12.3. The van der Waals surface area contributed by atoms with Gasteiger partial charge in [0.25, 0.3) is 0 Å². The predicted octanol–water partition coefficient (Wildman–Crippen LogP) is 5.70. The number of benzene rings is 1. The van der Waals surface area contributed by atoms with Crippen LogP contribution in [0.25, 0.3) is 0 Å². The maximum Gasteiger partial charge on any atom is 0.215 e. The Hall–Kier alpha value is -1.27. The fraction of sp³-hybridized carbons (Fsp3) is 0.348. The molecule has 1 aliphatic carbocycles. The number of hydrogen-bond acceptors (Lipinski definition) is 3. The van der Waals surface area contributed by atoms with Gasteiger partial charge in [0.1, 0.15) is 0 Å². The van der Waals surface area contributed by atoms with E-state index in [4.69, 9.17) is 9.47 Å². The monoisotopic (exact) mass is 508 g/mol. The number of methoxy groups -OCH3 is 1. The maximum absolute atomic E-state index is 12.3. The molecule has 2 rings (SSSR count). The fourth-order valence-electron chi connectivity index (χ4n) is 3.41. The van der Waals surface area contributed by atoms with Gasteiger partial charge in [0.15, 0.2) is 5.78 Å². The van der Waals surface area contributed by atoms with Crippen LogP contribution in [0.2, 0.25) is 0 Å².